The molecule has 8 nitrogen and oxygen atoms in total. The van der Waals surface area contributed by atoms with Gasteiger partial charge in [-0.15, -0.1) is 0 Å². The van der Waals surface area contributed by atoms with Crippen LogP contribution < -0.4 is 11.1 Å². The quantitative estimate of drug-likeness (QED) is 0.451. The van der Waals surface area contributed by atoms with Crippen molar-refractivity contribution in [2.24, 2.45) is 5.92 Å². The van der Waals surface area contributed by atoms with Crippen LogP contribution in [0.4, 0.5) is 20.2 Å². The van der Waals surface area contributed by atoms with E-state index in [0.717, 1.165) is 0 Å². The van der Waals surface area contributed by atoms with Gasteiger partial charge < -0.3 is 21.3 Å². The molecule has 1 amide bonds. The average molecular weight is 469 g/mol. The van der Waals surface area contributed by atoms with Gasteiger partial charge in [-0.05, 0) is 60.6 Å². The van der Waals surface area contributed by atoms with Crippen molar-refractivity contribution in [1.29, 1.82) is 0 Å². The van der Waals surface area contributed by atoms with Gasteiger partial charge in [0.25, 0.3) is 5.91 Å². The number of nitrogens with zero attached hydrogens (tertiary/aromatic N) is 3. The summed E-state index contributed by atoms with van der Waals surface area (Å²) in [7, 11) is 0. The first-order chi connectivity index (χ1) is 16.2. The van der Waals surface area contributed by atoms with Crippen LogP contribution in [0.3, 0.4) is 0 Å². The Hall–Kier alpha value is -3.50. The Morgan fingerprint density at radius 2 is 2.06 bits per heavy atom. The predicted octanol–water partition coefficient (Wildman–Crippen LogP) is 3.09. The molecule has 10 heteroatoms. The lowest BCUT2D eigenvalue weighted by Crippen LogP contribution is -2.53. The Morgan fingerprint density at radius 1 is 1.26 bits per heavy atom. The van der Waals surface area contributed by atoms with Crippen molar-refractivity contribution < 1.29 is 23.8 Å². The summed E-state index contributed by atoms with van der Waals surface area (Å²) in [6, 6.07) is 7.32. The number of alkyl halides is 1. The number of aliphatic hydroxyl groups is 2. The summed E-state index contributed by atoms with van der Waals surface area (Å²) in [4.78, 5) is 25.4. The van der Waals surface area contributed by atoms with Gasteiger partial charge in [-0.1, -0.05) is 6.92 Å². The number of nitrogens with one attached hydrogen (secondary N) is 1. The third-order valence-corrected chi connectivity index (χ3v) is 6.48. The number of nitrogens with two attached hydrogens (primary N) is 1. The van der Waals surface area contributed by atoms with Gasteiger partial charge in [0.1, 0.15) is 18.0 Å². The summed E-state index contributed by atoms with van der Waals surface area (Å²) in [5, 5.41) is 23.6. The molecule has 3 aromatic heterocycles. The molecule has 0 unspecified atom stereocenters. The molecule has 3 aromatic rings. The first-order valence-electron chi connectivity index (χ1n) is 10.8. The normalized spacial score (nSPS) is 24.6. The number of aromatic nitrogens is 3. The third-order valence-electron chi connectivity index (χ3n) is 6.48. The SMILES string of the molecule is C[C@H]1C[C@@H](c2ccncc2NC(=O)c2nc(-c3ncccc3F)ccc2N)C[C@@H](O)[C@@]1(O)CF. The van der Waals surface area contributed by atoms with Crippen molar-refractivity contribution in [2.75, 3.05) is 17.7 Å². The van der Waals surface area contributed by atoms with Crippen LogP contribution in [0, 0.1) is 11.7 Å². The second kappa shape index (κ2) is 9.40. The largest absolute Gasteiger partial charge is 0.397 e. The number of hydrogen-bond donors (Lipinski definition) is 4. The molecule has 178 valence electrons. The van der Waals surface area contributed by atoms with E-state index < -0.39 is 36.0 Å². The number of carbonyl (C=O) groups is 1. The molecule has 0 bridgehead atoms. The van der Waals surface area contributed by atoms with Crippen LogP contribution in [0.5, 0.6) is 0 Å². The molecule has 0 aliphatic heterocycles. The molecular formula is C24H25F2N5O3. The molecule has 4 atom stereocenters. The maximum Gasteiger partial charge on any atom is 0.276 e. The van der Waals surface area contributed by atoms with E-state index in [1.807, 2.05) is 0 Å². The zero-order valence-electron chi connectivity index (χ0n) is 18.4. The molecule has 1 aliphatic carbocycles. The number of nitrogen functional groups attached to an aromatic ring is 1. The van der Waals surface area contributed by atoms with E-state index in [-0.39, 0.29) is 35.1 Å². The van der Waals surface area contributed by atoms with Crippen LogP contribution >= 0.6 is 0 Å². The molecule has 34 heavy (non-hydrogen) atoms. The minimum atomic E-state index is -1.80. The van der Waals surface area contributed by atoms with Crippen LogP contribution in [-0.2, 0) is 0 Å². The zero-order chi connectivity index (χ0) is 24.5. The molecule has 1 aliphatic rings. The fourth-order valence-electron chi connectivity index (χ4n) is 4.41. The van der Waals surface area contributed by atoms with E-state index in [1.54, 1.807) is 19.2 Å². The number of halogens is 2. The van der Waals surface area contributed by atoms with E-state index in [0.29, 0.717) is 17.7 Å². The smallest absolute Gasteiger partial charge is 0.276 e. The zero-order valence-corrected chi connectivity index (χ0v) is 18.4. The predicted molar refractivity (Wildman–Crippen MR) is 122 cm³/mol. The Labute approximate surface area is 194 Å². The third kappa shape index (κ3) is 4.34. The van der Waals surface area contributed by atoms with Crippen LogP contribution in [0.1, 0.15) is 41.7 Å². The molecule has 5 N–H and O–H groups in total. The van der Waals surface area contributed by atoms with Crippen LogP contribution in [-0.4, -0.2) is 49.5 Å². The number of amides is 1. The van der Waals surface area contributed by atoms with Gasteiger partial charge in [0.2, 0.25) is 0 Å². The highest BCUT2D eigenvalue weighted by Crippen LogP contribution is 2.44. The molecule has 0 spiro atoms. The first-order valence-corrected chi connectivity index (χ1v) is 10.8. The summed E-state index contributed by atoms with van der Waals surface area (Å²) in [5.74, 6) is -1.98. The second-order valence-electron chi connectivity index (χ2n) is 8.60. The molecule has 1 saturated carbocycles. The lowest BCUT2D eigenvalue weighted by molar-refractivity contribution is -0.146. The second-order valence-corrected chi connectivity index (χ2v) is 8.60. The number of aliphatic hydroxyl groups excluding tert-OH is 1. The van der Waals surface area contributed by atoms with Crippen molar-refractivity contribution in [3.05, 3.63) is 66.0 Å². The summed E-state index contributed by atoms with van der Waals surface area (Å²) >= 11 is 0. The number of anilines is 2. The Balaban J connectivity index is 1.61. The molecule has 0 saturated heterocycles. The monoisotopic (exact) mass is 469 g/mol. The molecular weight excluding hydrogens is 444 g/mol. The summed E-state index contributed by atoms with van der Waals surface area (Å²) in [5.41, 5.74) is 5.36. The number of rotatable bonds is 5. The van der Waals surface area contributed by atoms with Crippen LogP contribution in [0.15, 0.2) is 48.9 Å². The fraction of sp³-hybridized carbons (Fsp3) is 0.333. The minimum absolute atomic E-state index is 0.0100. The Kier molecular flexibility index (Phi) is 6.54. The topological polar surface area (TPSA) is 134 Å². The molecule has 0 aromatic carbocycles. The Bertz CT molecular complexity index is 1200. The lowest BCUT2D eigenvalue weighted by atomic mass is 9.68. The van der Waals surface area contributed by atoms with Crippen LogP contribution in [0.2, 0.25) is 0 Å². The maximum absolute atomic E-state index is 14.2. The van der Waals surface area contributed by atoms with Crippen LogP contribution in [0.25, 0.3) is 11.4 Å². The standard InChI is InChI=1S/C24H25F2N5O3/c1-13-9-14(10-20(32)24(13,34)12-25)15-6-8-28-11-19(15)31-23(33)22-17(27)4-5-18(30-22)21-16(26)3-2-7-29-21/h2-8,11,13-14,20,32,34H,9-10,12,27H2,1H3,(H,31,33)/t13-,14+,20+,24+/m0/s1. The highest BCUT2D eigenvalue weighted by Gasteiger charge is 2.47. The van der Waals surface area contributed by atoms with E-state index >= 15 is 0 Å². The highest BCUT2D eigenvalue weighted by molar-refractivity contribution is 6.06. The minimum Gasteiger partial charge on any atom is -0.397 e. The van der Waals surface area contributed by atoms with Crippen molar-refractivity contribution in [3.63, 3.8) is 0 Å². The molecule has 0 radical (unpaired) electrons. The van der Waals surface area contributed by atoms with Gasteiger partial charge in [0.05, 0.1) is 29.4 Å². The fourth-order valence-corrected chi connectivity index (χ4v) is 4.41. The van der Waals surface area contributed by atoms with E-state index in [2.05, 4.69) is 20.3 Å². The van der Waals surface area contributed by atoms with Gasteiger partial charge in [-0.25, -0.2) is 13.8 Å². The van der Waals surface area contributed by atoms with Gasteiger partial charge in [0.15, 0.2) is 11.5 Å². The van der Waals surface area contributed by atoms with Gasteiger partial charge in [0, 0.05) is 12.4 Å². The van der Waals surface area contributed by atoms with Crippen molar-refractivity contribution in [3.8, 4) is 11.4 Å². The summed E-state index contributed by atoms with van der Waals surface area (Å²) in [6.45, 7) is 0.640. The van der Waals surface area contributed by atoms with E-state index in [9.17, 15) is 23.8 Å². The van der Waals surface area contributed by atoms with E-state index in [4.69, 9.17) is 5.73 Å². The number of pyridine rings is 3. The maximum atomic E-state index is 14.2. The lowest BCUT2D eigenvalue weighted by Gasteiger charge is -2.43. The number of carbonyl (C=O) groups excluding carboxylic acids is 1. The van der Waals surface area contributed by atoms with Gasteiger partial charge in [-0.2, -0.15) is 0 Å². The highest BCUT2D eigenvalue weighted by atomic mass is 19.1. The van der Waals surface area contributed by atoms with Crippen molar-refractivity contribution >= 4 is 17.3 Å². The molecule has 3 heterocycles. The molecule has 4 rings (SSSR count). The van der Waals surface area contributed by atoms with Crippen molar-refractivity contribution in [1.82, 2.24) is 15.0 Å². The van der Waals surface area contributed by atoms with E-state index in [1.165, 1.54) is 36.7 Å². The summed E-state index contributed by atoms with van der Waals surface area (Å²) in [6.07, 6.45) is 3.69. The first kappa shape index (κ1) is 23.7. The molecule has 1 fully saturated rings. The average Bonchev–Trinajstić information content (AvgIpc) is 2.83. The Morgan fingerprint density at radius 3 is 2.76 bits per heavy atom. The van der Waals surface area contributed by atoms with Gasteiger partial charge in [-0.3, -0.25) is 14.8 Å². The number of hydrogen-bond acceptors (Lipinski definition) is 7. The van der Waals surface area contributed by atoms with Crippen molar-refractivity contribution in [2.45, 2.75) is 37.4 Å². The van der Waals surface area contributed by atoms with Gasteiger partial charge >= 0.3 is 0 Å². The summed E-state index contributed by atoms with van der Waals surface area (Å²) < 4.78 is 27.6.